The second kappa shape index (κ2) is 9.14. The van der Waals surface area contributed by atoms with Gasteiger partial charge in [0, 0.05) is 0 Å². The zero-order valence-electron chi connectivity index (χ0n) is 9.51. The van der Waals surface area contributed by atoms with Crippen molar-refractivity contribution < 1.29 is 8.23 Å². The van der Waals surface area contributed by atoms with Gasteiger partial charge in [0.1, 0.15) is 0 Å². The van der Waals surface area contributed by atoms with Crippen LogP contribution < -0.4 is 0 Å². The van der Waals surface area contributed by atoms with Crippen molar-refractivity contribution in [1.82, 2.24) is 0 Å². The minimum atomic E-state index is -0.814. The van der Waals surface area contributed by atoms with Gasteiger partial charge in [-0.25, -0.2) is 0 Å². The van der Waals surface area contributed by atoms with E-state index in [-0.39, 0.29) is 0 Å². The van der Waals surface area contributed by atoms with Crippen LogP contribution in [-0.4, -0.2) is 28.1 Å². The summed E-state index contributed by atoms with van der Waals surface area (Å²) in [5, 5.41) is 0. The molecule has 0 rings (SSSR count). The Morgan fingerprint density at radius 3 is 1.31 bits per heavy atom. The van der Waals surface area contributed by atoms with E-state index < -0.39 is 28.1 Å². The largest absolute Gasteiger partial charge is 0.443 e. The van der Waals surface area contributed by atoms with E-state index in [4.69, 9.17) is 8.23 Å². The number of hydrogen-bond acceptors (Lipinski definition) is 2. The summed E-state index contributed by atoms with van der Waals surface area (Å²) in [6.45, 7) is 8.96. The van der Waals surface area contributed by atoms with Crippen molar-refractivity contribution in [2.45, 2.75) is 51.9 Å². The predicted molar refractivity (Wildman–Crippen MR) is 66.9 cm³/mol. The van der Waals surface area contributed by atoms with Crippen LogP contribution in [0.25, 0.3) is 0 Å². The molecule has 0 bridgehead atoms. The summed E-state index contributed by atoms with van der Waals surface area (Å²) in [7, 11) is -2.23. The molecule has 0 atom stereocenters. The van der Waals surface area contributed by atoms with Crippen LogP contribution >= 0.6 is 0 Å². The van der Waals surface area contributed by atoms with Gasteiger partial charge in [0.25, 0.3) is 10.0 Å². The van der Waals surface area contributed by atoms with Crippen molar-refractivity contribution in [3.05, 3.63) is 0 Å². The Morgan fingerprint density at radius 2 is 1.08 bits per heavy atom. The van der Waals surface area contributed by atoms with Crippen LogP contribution in [0.1, 0.15) is 27.7 Å². The van der Waals surface area contributed by atoms with Crippen molar-refractivity contribution in [3.8, 4) is 0 Å². The van der Waals surface area contributed by atoms with E-state index in [1.807, 2.05) is 0 Å². The smallest absolute Gasteiger partial charge is 0.283 e. The summed E-state index contributed by atoms with van der Waals surface area (Å²) < 4.78 is 11.7. The molecule has 0 aromatic rings. The lowest BCUT2D eigenvalue weighted by Crippen LogP contribution is -2.25. The Labute approximate surface area is 88.5 Å². The minimum Gasteiger partial charge on any atom is -0.443 e. The van der Waals surface area contributed by atoms with Gasteiger partial charge in [-0.1, -0.05) is 27.7 Å². The minimum absolute atomic E-state index is 0.604. The molecule has 2 nitrogen and oxygen atoms in total. The standard InChI is InChI=1S/C8H24O2Si3/c1-5-12(6-2)9-11-10-13(7-3)8-4/h12-13H,5-8,11H2,1-4H3. The average Bonchev–Trinajstić information content (AvgIpc) is 2.19. The highest BCUT2D eigenvalue weighted by Gasteiger charge is 2.09. The zero-order valence-corrected chi connectivity index (χ0v) is 13.2. The Bertz CT molecular complexity index is 93.6. The number of rotatable bonds is 8. The zero-order chi connectivity index (χ0) is 10.1. The highest BCUT2D eigenvalue weighted by Crippen LogP contribution is 2.02. The van der Waals surface area contributed by atoms with E-state index in [0.29, 0.717) is 0 Å². The fourth-order valence-corrected chi connectivity index (χ4v) is 8.77. The summed E-state index contributed by atoms with van der Waals surface area (Å²) in [5.74, 6) is 0. The first-order chi connectivity index (χ1) is 6.28. The second-order valence-corrected chi connectivity index (χ2v) is 12.0. The third kappa shape index (κ3) is 6.62. The van der Waals surface area contributed by atoms with E-state index in [0.717, 1.165) is 0 Å². The fraction of sp³-hybridized carbons (Fsp3) is 1.00. The summed E-state index contributed by atoms with van der Waals surface area (Å²) >= 11 is 0. The van der Waals surface area contributed by atoms with Crippen molar-refractivity contribution in [2.24, 2.45) is 0 Å². The molecule has 0 saturated heterocycles. The van der Waals surface area contributed by atoms with Crippen LogP contribution in [0.15, 0.2) is 0 Å². The molecule has 0 aromatic carbocycles. The monoisotopic (exact) mass is 236 g/mol. The van der Waals surface area contributed by atoms with Crippen molar-refractivity contribution in [1.29, 1.82) is 0 Å². The molecule has 0 aliphatic carbocycles. The van der Waals surface area contributed by atoms with Gasteiger partial charge in [-0.3, -0.25) is 0 Å². The fourth-order valence-electron chi connectivity index (χ4n) is 1.28. The third-order valence-corrected chi connectivity index (χ3v) is 10.9. The Kier molecular flexibility index (Phi) is 9.54. The van der Waals surface area contributed by atoms with Gasteiger partial charge in [-0.2, -0.15) is 0 Å². The van der Waals surface area contributed by atoms with E-state index in [1.54, 1.807) is 0 Å². The van der Waals surface area contributed by atoms with Crippen molar-refractivity contribution >= 4 is 28.1 Å². The summed E-state index contributed by atoms with van der Waals surface area (Å²) in [6.07, 6.45) is 0. The van der Waals surface area contributed by atoms with E-state index >= 15 is 0 Å². The number of hydrogen-bond donors (Lipinski definition) is 0. The molecule has 13 heavy (non-hydrogen) atoms. The molecule has 0 aromatic heterocycles. The first-order valence-corrected chi connectivity index (χ1v) is 10.9. The van der Waals surface area contributed by atoms with Crippen LogP contribution in [0.5, 0.6) is 0 Å². The topological polar surface area (TPSA) is 18.5 Å². The first-order valence-electron chi connectivity index (χ1n) is 5.51. The van der Waals surface area contributed by atoms with Gasteiger partial charge in [-0.05, 0) is 24.2 Å². The van der Waals surface area contributed by atoms with Crippen molar-refractivity contribution in [3.63, 3.8) is 0 Å². The Balaban J connectivity index is 3.41. The molecule has 0 N–H and O–H groups in total. The highest BCUT2D eigenvalue weighted by atomic mass is 28.4. The summed E-state index contributed by atoms with van der Waals surface area (Å²) in [6, 6.07) is 5.04. The molecule has 0 aliphatic rings. The maximum atomic E-state index is 5.86. The molecular weight excluding hydrogens is 212 g/mol. The van der Waals surface area contributed by atoms with Crippen molar-refractivity contribution in [2.75, 3.05) is 0 Å². The molecule has 0 spiro atoms. The lowest BCUT2D eigenvalue weighted by molar-refractivity contribution is 0.466. The molecule has 80 valence electrons. The highest BCUT2D eigenvalue weighted by molar-refractivity contribution is 6.62. The molecule has 0 saturated carbocycles. The second-order valence-electron chi connectivity index (χ2n) is 3.33. The molecule has 0 radical (unpaired) electrons. The predicted octanol–water partition coefficient (Wildman–Crippen LogP) is 1.55. The maximum Gasteiger partial charge on any atom is 0.283 e. The van der Waals surface area contributed by atoms with Gasteiger partial charge >= 0.3 is 0 Å². The van der Waals surface area contributed by atoms with Gasteiger partial charge < -0.3 is 8.23 Å². The van der Waals surface area contributed by atoms with E-state index in [1.165, 1.54) is 24.2 Å². The van der Waals surface area contributed by atoms with Gasteiger partial charge in [0.05, 0.1) is 0 Å². The SMILES string of the molecule is CC[SiH](CC)O[SiH2]O[SiH](CC)CC. The molecular formula is C8H24O2Si3. The van der Waals surface area contributed by atoms with Crippen LogP contribution in [-0.2, 0) is 8.23 Å². The quantitative estimate of drug-likeness (QED) is 0.595. The van der Waals surface area contributed by atoms with Gasteiger partial charge in [-0.15, -0.1) is 0 Å². The summed E-state index contributed by atoms with van der Waals surface area (Å²) in [4.78, 5) is 0. The maximum absolute atomic E-state index is 5.86. The van der Waals surface area contributed by atoms with Crippen LogP contribution in [0.3, 0.4) is 0 Å². The van der Waals surface area contributed by atoms with E-state index in [2.05, 4.69) is 27.7 Å². The Morgan fingerprint density at radius 1 is 0.769 bits per heavy atom. The lowest BCUT2D eigenvalue weighted by atomic mass is 11.0. The van der Waals surface area contributed by atoms with Crippen LogP contribution in [0, 0.1) is 0 Å². The molecule has 5 heteroatoms. The Hall–Kier alpha value is 0.571. The molecule has 0 heterocycles. The summed E-state index contributed by atoms with van der Waals surface area (Å²) in [5.41, 5.74) is 0. The molecule has 0 unspecified atom stereocenters. The first kappa shape index (κ1) is 13.6. The van der Waals surface area contributed by atoms with Crippen LogP contribution in [0.4, 0.5) is 0 Å². The lowest BCUT2D eigenvalue weighted by Gasteiger charge is -2.16. The van der Waals surface area contributed by atoms with Crippen LogP contribution in [0.2, 0.25) is 24.2 Å². The third-order valence-electron chi connectivity index (χ3n) is 2.43. The average molecular weight is 237 g/mol. The van der Waals surface area contributed by atoms with Gasteiger partial charge in [0.15, 0.2) is 18.1 Å². The van der Waals surface area contributed by atoms with E-state index in [9.17, 15) is 0 Å². The van der Waals surface area contributed by atoms with Gasteiger partial charge in [0.2, 0.25) is 0 Å². The molecule has 0 aliphatic heterocycles. The normalized spacial score (nSPS) is 11.5. The molecule has 0 amide bonds. The molecule has 0 fully saturated rings.